The smallest absolute Gasteiger partial charge is 0.416 e. The zero-order valence-electron chi connectivity index (χ0n) is 11.3. The monoisotopic (exact) mass is 313 g/mol. The quantitative estimate of drug-likeness (QED) is 0.662. The van der Waals surface area contributed by atoms with Gasteiger partial charge in [0.1, 0.15) is 5.75 Å². The summed E-state index contributed by atoms with van der Waals surface area (Å²) in [6.07, 6.45) is -4.40. The molecule has 0 atom stereocenters. The molecular weight excluding hydrogens is 299 g/mol. The van der Waals surface area contributed by atoms with Crippen LogP contribution in [-0.4, -0.2) is 7.11 Å². The maximum absolute atomic E-state index is 13.0. The van der Waals surface area contributed by atoms with Gasteiger partial charge in [0.05, 0.1) is 12.7 Å². The number of hydrogen-bond acceptors (Lipinski definition) is 3. The molecule has 0 bridgehead atoms. The van der Waals surface area contributed by atoms with Crippen molar-refractivity contribution in [1.82, 2.24) is 0 Å². The molecule has 0 aliphatic heterocycles. The molecule has 2 rings (SSSR count). The molecule has 2 nitrogen and oxygen atoms in total. The zero-order chi connectivity index (χ0) is 15.5. The second-order valence-corrected chi connectivity index (χ2v) is 5.43. The lowest BCUT2D eigenvalue weighted by molar-refractivity contribution is -0.138. The van der Waals surface area contributed by atoms with Crippen LogP contribution in [0.4, 0.5) is 18.9 Å². The predicted molar refractivity (Wildman–Crippen MR) is 78.4 cm³/mol. The predicted octanol–water partition coefficient (Wildman–Crippen LogP) is 4.59. The Labute approximate surface area is 125 Å². The van der Waals surface area contributed by atoms with Crippen molar-refractivity contribution < 1.29 is 17.9 Å². The summed E-state index contributed by atoms with van der Waals surface area (Å²) in [6.45, 7) is 0. The molecule has 0 radical (unpaired) electrons. The minimum atomic E-state index is -4.40. The van der Waals surface area contributed by atoms with E-state index in [0.29, 0.717) is 5.75 Å². The molecule has 6 heteroatoms. The van der Waals surface area contributed by atoms with Gasteiger partial charge in [0.25, 0.3) is 0 Å². The van der Waals surface area contributed by atoms with E-state index in [1.165, 1.54) is 23.9 Å². The van der Waals surface area contributed by atoms with Crippen LogP contribution in [0.25, 0.3) is 0 Å². The van der Waals surface area contributed by atoms with Gasteiger partial charge < -0.3 is 10.5 Å². The number of anilines is 1. The fourth-order valence-corrected chi connectivity index (χ4v) is 2.78. The maximum Gasteiger partial charge on any atom is 0.416 e. The van der Waals surface area contributed by atoms with Crippen molar-refractivity contribution >= 4 is 17.4 Å². The minimum absolute atomic E-state index is 0.109. The van der Waals surface area contributed by atoms with E-state index in [1.54, 1.807) is 25.3 Å². The van der Waals surface area contributed by atoms with E-state index < -0.39 is 11.7 Å². The number of nitrogens with two attached hydrogens (primary N) is 1. The van der Waals surface area contributed by atoms with E-state index in [2.05, 4.69) is 0 Å². The Hall–Kier alpha value is -1.82. The fraction of sp³-hybridized carbons (Fsp3) is 0.200. The highest BCUT2D eigenvalue weighted by Crippen LogP contribution is 2.36. The highest BCUT2D eigenvalue weighted by atomic mass is 32.2. The van der Waals surface area contributed by atoms with Crippen molar-refractivity contribution in [2.75, 3.05) is 12.8 Å². The molecule has 2 aromatic carbocycles. The Morgan fingerprint density at radius 1 is 1.14 bits per heavy atom. The molecule has 0 saturated heterocycles. The molecule has 0 aromatic heterocycles. The molecule has 0 heterocycles. The SMILES string of the molecule is COc1cccc(SCc2ccc(N)cc2C(F)(F)F)c1. The van der Waals surface area contributed by atoms with Crippen molar-refractivity contribution in [2.24, 2.45) is 0 Å². The van der Waals surface area contributed by atoms with E-state index >= 15 is 0 Å². The number of hydrogen-bond donors (Lipinski definition) is 1. The largest absolute Gasteiger partial charge is 0.497 e. The number of thioether (sulfide) groups is 1. The third kappa shape index (κ3) is 4.07. The third-order valence-electron chi connectivity index (χ3n) is 2.87. The van der Waals surface area contributed by atoms with Gasteiger partial charge in [-0.2, -0.15) is 13.2 Å². The number of nitrogen functional groups attached to an aromatic ring is 1. The first-order chi connectivity index (χ1) is 9.90. The zero-order valence-corrected chi connectivity index (χ0v) is 12.1. The van der Waals surface area contributed by atoms with Crippen LogP contribution in [0.5, 0.6) is 5.75 Å². The second-order valence-electron chi connectivity index (χ2n) is 4.38. The molecule has 112 valence electrons. The van der Waals surface area contributed by atoms with E-state index in [0.717, 1.165) is 11.0 Å². The Morgan fingerprint density at radius 2 is 1.90 bits per heavy atom. The van der Waals surface area contributed by atoms with Crippen LogP contribution in [0.15, 0.2) is 47.4 Å². The standard InChI is InChI=1S/C15H14F3NOS/c1-20-12-3-2-4-13(8-12)21-9-10-5-6-11(19)7-14(10)15(16,17)18/h2-8H,9,19H2,1H3. The van der Waals surface area contributed by atoms with Gasteiger partial charge in [-0.1, -0.05) is 12.1 Å². The highest BCUT2D eigenvalue weighted by molar-refractivity contribution is 7.98. The van der Waals surface area contributed by atoms with Crippen LogP contribution < -0.4 is 10.5 Å². The average Bonchev–Trinajstić information content (AvgIpc) is 2.45. The van der Waals surface area contributed by atoms with Crippen LogP contribution >= 0.6 is 11.8 Å². The molecular formula is C15H14F3NOS. The summed E-state index contributed by atoms with van der Waals surface area (Å²) in [5.74, 6) is 0.885. The minimum Gasteiger partial charge on any atom is -0.497 e. The summed E-state index contributed by atoms with van der Waals surface area (Å²) in [6, 6.07) is 11.1. The second kappa shape index (κ2) is 6.30. The number of methoxy groups -OCH3 is 1. The van der Waals surface area contributed by atoms with E-state index in [-0.39, 0.29) is 17.0 Å². The lowest BCUT2D eigenvalue weighted by Crippen LogP contribution is -2.09. The molecule has 0 aliphatic carbocycles. The van der Waals surface area contributed by atoms with E-state index in [9.17, 15) is 13.2 Å². The van der Waals surface area contributed by atoms with Crippen molar-refractivity contribution in [3.8, 4) is 5.75 Å². The first kappa shape index (κ1) is 15.6. The van der Waals surface area contributed by atoms with Gasteiger partial charge >= 0.3 is 6.18 Å². The Morgan fingerprint density at radius 3 is 2.57 bits per heavy atom. The number of benzene rings is 2. The summed E-state index contributed by atoms with van der Waals surface area (Å²) < 4.78 is 44.1. The van der Waals surface area contributed by atoms with Crippen LogP contribution in [0.2, 0.25) is 0 Å². The Bertz CT molecular complexity index is 629. The number of halogens is 3. The first-order valence-electron chi connectivity index (χ1n) is 6.12. The van der Waals surface area contributed by atoms with Crippen LogP contribution in [0.3, 0.4) is 0 Å². The fourth-order valence-electron chi connectivity index (χ4n) is 1.84. The summed E-state index contributed by atoms with van der Waals surface area (Å²) in [4.78, 5) is 0.847. The number of rotatable bonds is 4. The number of ether oxygens (including phenoxy) is 1. The first-order valence-corrected chi connectivity index (χ1v) is 7.11. The van der Waals surface area contributed by atoms with Gasteiger partial charge in [0.15, 0.2) is 0 Å². The van der Waals surface area contributed by atoms with Gasteiger partial charge in [0.2, 0.25) is 0 Å². The Kier molecular flexibility index (Phi) is 4.67. The van der Waals surface area contributed by atoms with Gasteiger partial charge in [-0.15, -0.1) is 11.8 Å². The lowest BCUT2D eigenvalue weighted by atomic mass is 10.1. The van der Waals surface area contributed by atoms with Crippen LogP contribution in [0, 0.1) is 0 Å². The van der Waals surface area contributed by atoms with Crippen molar-refractivity contribution in [1.29, 1.82) is 0 Å². The molecule has 0 amide bonds. The van der Waals surface area contributed by atoms with Crippen molar-refractivity contribution in [2.45, 2.75) is 16.8 Å². The Balaban J connectivity index is 2.20. The normalized spacial score (nSPS) is 11.4. The van der Waals surface area contributed by atoms with Crippen LogP contribution in [0.1, 0.15) is 11.1 Å². The molecule has 0 fully saturated rings. The highest BCUT2D eigenvalue weighted by Gasteiger charge is 2.33. The molecule has 2 aromatic rings. The summed E-state index contributed by atoms with van der Waals surface area (Å²) in [7, 11) is 1.55. The third-order valence-corrected chi connectivity index (χ3v) is 3.92. The average molecular weight is 313 g/mol. The van der Waals surface area contributed by atoms with Gasteiger partial charge in [-0.05, 0) is 35.9 Å². The lowest BCUT2D eigenvalue weighted by Gasteiger charge is -2.13. The van der Waals surface area contributed by atoms with Gasteiger partial charge in [-0.25, -0.2) is 0 Å². The summed E-state index contributed by atoms with van der Waals surface area (Å²) in [5, 5.41) is 0. The maximum atomic E-state index is 13.0. The number of alkyl halides is 3. The molecule has 0 spiro atoms. The molecule has 21 heavy (non-hydrogen) atoms. The van der Waals surface area contributed by atoms with Crippen LogP contribution in [-0.2, 0) is 11.9 Å². The molecule has 0 saturated carbocycles. The van der Waals surface area contributed by atoms with Gasteiger partial charge in [0, 0.05) is 16.3 Å². The van der Waals surface area contributed by atoms with E-state index in [1.807, 2.05) is 6.07 Å². The summed E-state index contributed by atoms with van der Waals surface area (Å²) in [5.41, 5.74) is 5.08. The molecule has 0 unspecified atom stereocenters. The topological polar surface area (TPSA) is 35.2 Å². The molecule has 2 N–H and O–H groups in total. The summed E-state index contributed by atoms with van der Waals surface area (Å²) >= 11 is 1.32. The van der Waals surface area contributed by atoms with Gasteiger partial charge in [-0.3, -0.25) is 0 Å². The molecule has 0 aliphatic rings. The van der Waals surface area contributed by atoms with E-state index in [4.69, 9.17) is 10.5 Å². The van der Waals surface area contributed by atoms with Crippen molar-refractivity contribution in [3.05, 3.63) is 53.6 Å². The van der Waals surface area contributed by atoms with Crippen molar-refractivity contribution in [3.63, 3.8) is 0 Å².